The number of aromatic nitrogens is 1. The molecule has 1 aromatic heterocycles. The topological polar surface area (TPSA) is 88.0 Å². The van der Waals surface area contributed by atoms with E-state index in [9.17, 15) is 9.59 Å². The lowest BCUT2D eigenvalue weighted by Crippen LogP contribution is -2.34. The molecule has 1 heterocycles. The predicted octanol–water partition coefficient (Wildman–Crippen LogP) is 0.805. The van der Waals surface area contributed by atoms with Crippen LogP contribution in [0.15, 0.2) is 53.3 Å². The molecule has 0 saturated heterocycles. The number of H-pyrrole nitrogens is 1. The first kappa shape index (κ1) is 13.0. The Bertz CT molecular complexity index is 607. The molecule has 0 radical (unpaired) electrons. The lowest BCUT2D eigenvalue weighted by atomic mass is 10.1. The normalized spacial score (nSPS) is 11.8. The van der Waals surface area contributed by atoms with E-state index >= 15 is 0 Å². The van der Waals surface area contributed by atoms with Gasteiger partial charge >= 0.3 is 0 Å². The highest BCUT2D eigenvalue weighted by atomic mass is 16.2. The van der Waals surface area contributed by atoms with Gasteiger partial charge in [-0.05, 0) is 11.6 Å². The number of hydrogen-bond acceptors (Lipinski definition) is 3. The van der Waals surface area contributed by atoms with Crippen LogP contribution in [0, 0.1) is 0 Å². The third-order valence-corrected chi connectivity index (χ3v) is 2.76. The number of amides is 1. The Morgan fingerprint density at radius 3 is 2.53 bits per heavy atom. The van der Waals surface area contributed by atoms with E-state index in [1.165, 1.54) is 12.1 Å². The Kier molecular flexibility index (Phi) is 4.10. The maximum Gasteiger partial charge on any atom is 0.268 e. The van der Waals surface area contributed by atoms with E-state index in [1.54, 1.807) is 6.07 Å². The van der Waals surface area contributed by atoms with Crippen LogP contribution in [0.2, 0.25) is 0 Å². The number of carbonyl (C=O) groups is 1. The predicted molar refractivity (Wildman–Crippen MR) is 72.8 cm³/mol. The van der Waals surface area contributed by atoms with Crippen molar-refractivity contribution in [3.8, 4) is 0 Å². The van der Waals surface area contributed by atoms with Crippen LogP contribution in [-0.4, -0.2) is 17.4 Å². The molecule has 0 aliphatic carbocycles. The van der Waals surface area contributed by atoms with Crippen molar-refractivity contribution in [3.63, 3.8) is 0 Å². The van der Waals surface area contributed by atoms with Gasteiger partial charge in [-0.2, -0.15) is 0 Å². The zero-order chi connectivity index (χ0) is 13.7. The molecule has 0 fully saturated rings. The molecule has 2 aromatic rings. The van der Waals surface area contributed by atoms with Gasteiger partial charge in [0.15, 0.2) is 0 Å². The Labute approximate surface area is 110 Å². The van der Waals surface area contributed by atoms with E-state index in [1.807, 2.05) is 30.3 Å². The lowest BCUT2D eigenvalue weighted by Gasteiger charge is -2.17. The summed E-state index contributed by atoms with van der Waals surface area (Å²) < 4.78 is 0. The van der Waals surface area contributed by atoms with E-state index in [2.05, 4.69) is 10.3 Å². The quantitative estimate of drug-likeness (QED) is 0.757. The molecule has 1 aromatic carbocycles. The minimum absolute atomic E-state index is 0.224. The maximum atomic E-state index is 12.0. The van der Waals surface area contributed by atoms with Crippen LogP contribution in [0.3, 0.4) is 0 Å². The van der Waals surface area contributed by atoms with Gasteiger partial charge in [0.05, 0.1) is 6.04 Å². The van der Waals surface area contributed by atoms with E-state index in [0.29, 0.717) is 0 Å². The lowest BCUT2D eigenvalue weighted by molar-refractivity contribution is 0.0932. The molecule has 0 aliphatic rings. The Balaban J connectivity index is 2.15. The van der Waals surface area contributed by atoms with Gasteiger partial charge in [0, 0.05) is 12.6 Å². The van der Waals surface area contributed by atoms with Crippen molar-refractivity contribution in [2.75, 3.05) is 6.54 Å². The molecule has 1 atom stereocenters. The van der Waals surface area contributed by atoms with Gasteiger partial charge in [-0.15, -0.1) is 0 Å². The molecule has 0 spiro atoms. The third kappa shape index (κ3) is 3.29. The molecule has 19 heavy (non-hydrogen) atoms. The number of aromatic amines is 1. The van der Waals surface area contributed by atoms with Crippen LogP contribution in [0.1, 0.15) is 22.1 Å². The zero-order valence-corrected chi connectivity index (χ0v) is 10.3. The van der Waals surface area contributed by atoms with Crippen LogP contribution < -0.4 is 16.6 Å². The minimum atomic E-state index is -0.350. The van der Waals surface area contributed by atoms with Gasteiger partial charge in [-0.3, -0.25) is 9.59 Å². The average Bonchev–Trinajstić information content (AvgIpc) is 2.45. The van der Waals surface area contributed by atoms with Crippen molar-refractivity contribution in [3.05, 3.63) is 70.1 Å². The van der Waals surface area contributed by atoms with Gasteiger partial charge in [-0.1, -0.05) is 36.4 Å². The van der Waals surface area contributed by atoms with E-state index in [-0.39, 0.29) is 29.7 Å². The second-order valence-corrected chi connectivity index (χ2v) is 4.10. The number of carbonyl (C=O) groups excluding carboxylic acids is 1. The van der Waals surface area contributed by atoms with E-state index in [4.69, 9.17) is 5.73 Å². The summed E-state index contributed by atoms with van der Waals surface area (Å²) in [6.07, 6.45) is 0. The van der Waals surface area contributed by atoms with Gasteiger partial charge < -0.3 is 16.0 Å². The van der Waals surface area contributed by atoms with Crippen molar-refractivity contribution >= 4 is 5.91 Å². The zero-order valence-electron chi connectivity index (χ0n) is 10.3. The molecule has 5 heteroatoms. The molecule has 5 nitrogen and oxygen atoms in total. The summed E-state index contributed by atoms with van der Waals surface area (Å²) in [5, 5.41) is 2.79. The summed E-state index contributed by atoms with van der Waals surface area (Å²) >= 11 is 0. The van der Waals surface area contributed by atoms with E-state index < -0.39 is 0 Å². The fraction of sp³-hybridized carbons (Fsp3) is 0.143. The smallest absolute Gasteiger partial charge is 0.268 e. The molecule has 98 valence electrons. The number of nitrogens with two attached hydrogens (primary N) is 1. The van der Waals surface area contributed by atoms with Gasteiger partial charge in [0.2, 0.25) is 5.56 Å². The number of hydrogen-bond donors (Lipinski definition) is 3. The molecule has 0 aliphatic heterocycles. The highest BCUT2D eigenvalue weighted by molar-refractivity contribution is 5.92. The highest BCUT2D eigenvalue weighted by Gasteiger charge is 2.14. The molecule has 1 unspecified atom stereocenters. The average molecular weight is 257 g/mol. The van der Waals surface area contributed by atoms with Crippen molar-refractivity contribution in [2.24, 2.45) is 5.73 Å². The summed E-state index contributed by atoms with van der Waals surface area (Å²) in [5.41, 5.74) is 6.52. The first-order valence-electron chi connectivity index (χ1n) is 5.96. The molecule has 2 rings (SSSR count). The van der Waals surface area contributed by atoms with Gasteiger partial charge in [0.25, 0.3) is 5.91 Å². The minimum Gasteiger partial charge on any atom is -0.343 e. The van der Waals surface area contributed by atoms with Gasteiger partial charge in [-0.25, -0.2) is 0 Å². The van der Waals surface area contributed by atoms with Crippen LogP contribution in [0.25, 0.3) is 0 Å². The Morgan fingerprint density at radius 1 is 1.16 bits per heavy atom. The van der Waals surface area contributed by atoms with Crippen molar-refractivity contribution in [2.45, 2.75) is 6.04 Å². The standard InChI is InChI=1S/C14H15N3O2/c15-9-12(10-5-2-1-3-6-10)17-14(19)11-7-4-8-13(18)16-11/h1-8,12H,9,15H2,(H,16,18)(H,17,19). The van der Waals surface area contributed by atoms with Crippen LogP contribution >= 0.6 is 0 Å². The molecular weight excluding hydrogens is 242 g/mol. The summed E-state index contributed by atoms with van der Waals surface area (Å²) in [4.78, 5) is 25.6. The summed E-state index contributed by atoms with van der Waals surface area (Å²) in [6, 6.07) is 13.6. The summed E-state index contributed by atoms with van der Waals surface area (Å²) in [7, 11) is 0. The molecule has 0 bridgehead atoms. The van der Waals surface area contributed by atoms with E-state index in [0.717, 1.165) is 5.56 Å². The second kappa shape index (κ2) is 5.97. The second-order valence-electron chi connectivity index (χ2n) is 4.10. The maximum absolute atomic E-state index is 12.0. The first-order chi connectivity index (χ1) is 9.20. The largest absolute Gasteiger partial charge is 0.343 e. The summed E-state index contributed by atoms with van der Waals surface area (Å²) in [5.74, 6) is -0.350. The fourth-order valence-corrected chi connectivity index (χ4v) is 1.78. The van der Waals surface area contributed by atoms with Crippen molar-refractivity contribution in [1.82, 2.24) is 10.3 Å². The number of nitrogens with one attached hydrogen (secondary N) is 2. The molecular formula is C14H15N3O2. The Hall–Kier alpha value is -2.40. The van der Waals surface area contributed by atoms with Crippen LogP contribution in [0.4, 0.5) is 0 Å². The fourth-order valence-electron chi connectivity index (χ4n) is 1.78. The van der Waals surface area contributed by atoms with Crippen LogP contribution in [-0.2, 0) is 0 Å². The number of benzene rings is 1. The molecule has 1 amide bonds. The first-order valence-corrected chi connectivity index (χ1v) is 5.96. The summed E-state index contributed by atoms with van der Waals surface area (Å²) in [6.45, 7) is 0.285. The third-order valence-electron chi connectivity index (χ3n) is 2.76. The van der Waals surface area contributed by atoms with Crippen molar-refractivity contribution in [1.29, 1.82) is 0 Å². The number of rotatable bonds is 4. The molecule has 0 saturated carbocycles. The molecule has 4 N–H and O–H groups in total. The van der Waals surface area contributed by atoms with Gasteiger partial charge in [0.1, 0.15) is 5.69 Å². The SMILES string of the molecule is NCC(NC(=O)c1cccc(=O)[nH]1)c1ccccc1. The highest BCUT2D eigenvalue weighted by Crippen LogP contribution is 2.11. The Morgan fingerprint density at radius 2 is 1.89 bits per heavy atom. The van der Waals surface area contributed by atoms with Crippen LogP contribution in [0.5, 0.6) is 0 Å². The number of pyridine rings is 1. The monoisotopic (exact) mass is 257 g/mol. The van der Waals surface area contributed by atoms with Crippen molar-refractivity contribution < 1.29 is 4.79 Å².